The molecule has 2 rings (SSSR count). The average molecular weight is 213 g/mol. The Morgan fingerprint density at radius 3 is 2.50 bits per heavy atom. The van der Waals surface area contributed by atoms with Gasteiger partial charge in [-0.15, -0.1) is 0 Å². The molecule has 2 heteroatoms. The topological polar surface area (TPSA) is 28.7 Å². The highest BCUT2D eigenvalue weighted by Crippen LogP contribution is 2.32. The summed E-state index contributed by atoms with van der Waals surface area (Å²) in [7, 11) is 0. The van der Waals surface area contributed by atoms with Crippen molar-refractivity contribution in [2.45, 2.75) is 33.1 Å². The van der Waals surface area contributed by atoms with E-state index in [0.717, 1.165) is 11.3 Å². The molecule has 0 bridgehead atoms. The van der Waals surface area contributed by atoms with Crippen LogP contribution in [-0.4, -0.2) is 10.2 Å². The van der Waals surface area contributed by atoms with Gasteiger partial charge in [-0.2, -0.15) is 5.10 Å². The highest BCUT2D eigenvalue weighted by Gasteiger charge is 2.22. The Morgan fingerprint density at radius 1 is 1.19 bits per heavy atom. The quantitative estimate of drug-likeness (QED) is 0.772. The first-order chi connectivity index (χ1) is 7.50. The van der Waals surface area contributed by atoms with Crippen LogP contribution in [0.4, 0.5) is 0 Å². The third kappa shape index (κ3) is 1.87. The summed E-state index contributed by atoms with van der Waals surface area (Å²) in [6, 6.07) is 8.33. The van der Waals surface area contributed by atoms with E-state index in [1.165, 1.54) is 11.1 Å². The summed E-state index contributed by atoms with van der Waals surface area (Å²) in [6.45, 7) is 8.61. The monoisotopic (exact) mass is 213 g/mol. The second kappa shape index (κ2) is 3.78. The van der Waals surface area contributed by atoms with Gasteiger partial charge in [0.1, 0.15) is 0 Å². The summed E-state index contributed by atoms with van der Waals surface area (Å²) in [5.41, 5.74) is 4.66. The molecule has 2 aromatic rings. The van der Waals surface area contributed by atoms with Crippen molar-refractivity contribution in [3.05, 3.63) is 41.7 Å². The van der Waals surface area contributed by atoms with Crippen LogP contribution in [0.15, 0.2) is 24.3 Å². The molecule has 1 aromatic heterocycles. The van der Waals surface area contributed by atoms with E-state index in [0.29, 0.717) is 0 Å². The molecule has 16 heavy (non-hydrogen) atoms. The summed E-state index contributed by atoms with van der Waals surface area (Å²) in [6.07, 6.45) is 3.13. The standard InChI is InChI=1S/C14H17N2/c1-10-7-5-6-8-11(10)12-9-15-16-13(12)14(2,3)4/h5-8H,1-4H3,(H,15,16). The van der Waals surface area contributed by atoms with Crippen LogP contribution in [0.2, 0.25) is 0 Å². The first kappa shape index (κ1) is 10.9. The third-order valence-corrected chi connectivity index (χ3v) is 2.71. The molecule has 0 aliphatic rings. The lowest BCUT2D eigenvalue weighted by atomic mass is 9.86. The zero-order chi connectivity index (χ0) is 11.8. The number of aromatic amines is 1. The average Bonchev–Trinajstić information content (AvgIpc) is 2.66. The van der Waals surface area contributed by atoms with Crippen LogP contribution in [0.5, 0.6) is 0 Å². The maximum Gasteiger partial charge on any atom is 0.0916 e. The highest BCUT2D eigenvalue weighted by atomic mass is 15.1. The van der Waals surface area contributed by atoms with Gasteiger partial charge in [0.25, 0.3) is 0 Å². The fraction of sp³-hybridized carbons (Fsp3) is 0.357. The fourth-order valence-electron chi connectivity index (χ4n) is 1.85. The van der Waals surface area contributed by atoms with Gasteiger partial charge in [-0.3, -0.25) is 5.10 Å². The number of benzene rings is 1. The van der Waals surface area contributed by atoms with Gasteiger partial charge in [-0.1, -0.05) is 45.0 Å². The van der Waals surface area contributed by atoms with E-state index >= 15 is 0 Å². The van der Waals surface area contributed by atoms with E-state index in [2.05, 4.69) is 68.4 Å². The lowest BCUT2D eigenvalue weighted by molar-refractivity contribution is 0.568. The predicted molar refractivity (Wildman–Crippen MR) is 66.3 cm³/mol. The molecule has 1 N–H and O–H groups in total. The van der Waals surface area contributed by atoms with Crippen molar-refractivity contribution in [2.75, 3.05) is 0 Å². The number of hydrogen-bond donors (Lipinski definition) is 1. The Morgan fingerprint density at radius 2 is 1.88 bits per heavy atom. The Hall–Kier alpha value is -1.57. The molecule has 1 radical (unpaired) electrons. The second-order valence-electron chi connectivity index (χ2n) is 5.14. The molecule has 0 spiro atoms. The molecule has 0 aliphatic heterocycles. The minimum Gasteiger partial charge on any atom is -0.275 e. The summed E-state index contributed by atoms with van der Waals surface area (Å²) in [5.74, 6) is 0. The maximum atomic E-state index is 4.32. The Labute approximate surface area is 96.7 Å². The molecule has 2 nitrogen and oxygen atoms in total. The summed E-state index contributed by atoms with van der Waals surface area (Å²) >= 11 is 0. The zero-order valence-electron chi connectivity index (χ0n) is 10.3. The van der Waals surface area contributed by atoms with Gasteiger partial charge in [0, 0.05) is 11.0 Å². The van der Waals surface area contributed by atoms with Crippen LogP contribution < -0.4 is 0 Å². The van der Waals surface area contributed by atoms with Crippen molar-refractivity contribution in [2.24, 2.45) is 0 Å². The lowest BCUT2D eigenvalue weighted by Crippen LogP contribution is -2.13. The van der Waals surface area contributed by atoms with Crippen molar-refractivity contribution >= 4 is 0 Å². The molecule has 0 saturated heterocycles. The van der Waals surface area contributed by atoms with Crippen molar-refractivity contribution in [1.29, 1.82) is 0 Å². The number of aromatic nitrogens is 2. The van der Waals surface area contributed by atoms with E-state index in [4.69, 9.17) is 0 Å². The summed E-state index contributed by atoms with van der Waals surface area (Å²) in [5, 5.41) is 7.18. The molecule has 0 saturated carbocycles. The van der Waals surface area contributed by atoms with Crippen molar-refractivity contribution in [1.82, 2.24) is 10.2 Å². The van der Waals surface area contributed by atoms with Crippen molar-refractivity contribution < 1.29 is 0 Å². The smallest absolute Gasteiger partial charge is 0.0916 e. The van der Waals surface area contributed by atoms with E-state index in [1.807, 2.05) is 0 Å². The fourth-order valence-corrected chi connectivity index (χ4v) is 1.85. The number of H-pyrrole nitrogens is 1. The first-order valence-corrected chi connectivity index (χ1v) is 5.52. The molecule has 1 aromatic carbocycles. The SMILES string of the molecule is Cc1ccccc1-c1[c][nH]nc1C(C)(C)C. The van der Waals surface area contributed by atoms with Gasteiger partial charge in [0.15, 0.2) is 0 Å². The van der Waals surface area contributed by atoms with E-state index < -0.39 is 0 Å². The van der Waals surface area contributed by atoms with Crippen molar-refractivity contribution in [3.8, 4) is 11.1 Å². The number of nitrogens with one attached hydrogen (secondary N) is 1. The molecule has 0 atom stereocenters. The van der Waals surface area contributed by atoms with Crippen molar-refractivity contribution in [3.63, 3.8) is 0 Å². The van der Waals surface area contributed by atoms with Crippen LogP contribution in [0, 0.1) is 13.1 Å². The molecule has 83 valence electrons. The van der Waals surface area contributed by atoms with Gasteiger partial charge in [0.05, 0.1) is 11.9 Å². The normalized spacial score (nSPS) is 11.8. The predicted octanol–water partition coefficient (Wildman–Crippen LogP) is 3.48. The lowest BCUT2D eigenvalue weighted by Gasteiger charge is -2.17. The largest absolute Gasteiger partial charge is 0.275 e. The number of aryl methyl sites for hydroxylation is 1. The van der Waals surface area contributed by atoms with E-state index in [-0.39, 0.29) is 5.41 Å². The van der Waals surface area contributed by atoms with Gasteiger partial charge in [-0.05, 0) is 18.1 Å². The van der Waals surface area contributed by atoms with Crippen LogP contribution >= 0.6 is 0 Å². The molecular weight excluding hydrogens is 196 g/mol. The minimum absolute atomic E-state index is 0.0358. The van der Waals surface area contributed by atoms with E-state index in [1.54, 1.807) is 0 Å². The molecular formula is C14H17N2. The molecule has 0 amide bonds. The zero-order valence-corrected chi connectivity index (χ0v) is 10.3. The van der Waals surface area contributed by atoms with Gasteiger partial charge < -0.3 is 0 Å². The van der Waals surface area contributed by atoms with Crippen LogP contribution in [0.1, 0.15) is 32.0 Å². The third-order valence-electron chi connectivity index (χ3n) is 2.71. The molecule has 0 unspecified atom stereocenters. The Balaban J connectivity index is 2.58. The number of nitrogens with zero attached hydrogens (tertiary/aromatic N) is 1. The van der Waals surface area contributed by atoms with E-state index in [9.17, 15) is 0 Å². The number of hydrogen-bond acceptors (Lipinski definition) is 1. The maximum absolute atomic E-state index is 4.32. The summed E-state index contributed by atoms with van der Waals surface area (Å²) in [4.78, 5) is 0. The van der Waals surface area contributed by atoms with Gasteiger partial charge in [0.2, 0.25) is 0 Å². The second-order valence-corrected chi connectivity index (χ2v) is 5.14. The molecule has 1 heterocycles. The highest BCUT2D eigenvalue weighted by molar-refractivity contribution is 5.69. The van der Waals surface area contributed by atoms with Crippen LogP contribution in [0.3, 0.4) is 0 Å². The van der Waals surface area contributed by atoms with Gasteiger partial charge in [-0.25, -0.2) is 0 Å². The van der Waals surface area contributed by atoms with Crippen LogP contribution in [-0.2, 0) is 5.41 Å². The Bertz CT molecular complexity index is 489. The van der Waals surface area contributed by atoms with Gasteiger partial charge >= 0.3 is 0 Å². The molecule has 0 aliphatic carbocycles. The minimum atomic E-state index is 0.0358. The first-order valence-electron chi connectivity index (χ1n) is 5.52. The summed E-state index contributed by atoms with van der Waals surface area (Å²) < 4.78 is 0. The number of rotatable bonds is 1. The molecule has 0 fully saturated rings. The Kier molecular flexibility index (Phi) is 2.58. The van der Waals surface area contributed by atoms with Crippen LogP contribution in [0.25, 0.3) is 11.1 Å².